The third-order valence-electron chi connectivity index (χ3n) is 3.57. The van der Waals surface area contributed by atoms with Gasteiger partial charge in [0.2, 0.25) is 0 Å². The minimum Gasteiger partial charge on any atom is -0.489 e. The van der Waals surface area contributed by atoms with Gasteiger partial charge in [-0.3, -0.25) is 4.68 Å². The lowest BCUT2D eigenvalue weighted by Crippen LogP contribution is -2.28. The first-order valence-corrected chi connectivity index (χ1v) is 7.51. The van der Waals surface area contributed by atoms with Gasteiger partial charge in [-0.25, -0.2) is 4.79 Å². The number of amides is 1. The van der Waals surface area contributed by atoms with Crippen LogP contribution < -0.4 is 10.1 Å². The van der Waals surface area contributed by atoms with Crippen molar-refractivity contribution >= 4 is 11.8 Å². The van der Waals surface area contributed by atoms with Gasteiger partial charge in [0, 0.05) is 30.8 Å². The van der Waals surface area contributed by atoms with Crippen LogP contribution in [0.1, 0.15) is 6.42 Å². The Kier molecular flexibility index (Phi) is 4.64. The van der Waals surface area contributed by atoms with E-state index >= 15 is 0 Å². The molecule has 2 N–H and O–H groups in total. The van der Waals surface area contributed by atoms with Crippen LogP contribution in [0.4, 0.5) is 4.79 Å². The third kappa shape index (κ3) is 3.83. The molecule has 0 aliphatic carbocycles. The number of hydrogen-bond acceptors (Lipinski definition) is 5. The molecule has 24 heavy (non-hydrogen) atoms. The number of carbonyl (C=O) groups is 1. The number of benzene rings is 1. The first-order chi connectivity index (χ1) is 11.6. The van der Waals surface area contributed by atoms with Crippen molar-refractivity contribution < 1.29 is 19.5 Å². The topological polar surface area (TPSA) is 98.0 Å². The van der Waals surface area contributed by atoms with E-state index in [0.29, 0.717) is 18.7 Å². The number of rotatable bonds is 6. The molecule has 3 rings (SSSR count). The maximum absolute atomic E-state index is 10.5. The van der Waals surface area contributed by atoms with Gasteiger partial charge in [-0.1, -0.05) is 23.4 Å². The number of aromatic nitrogens is 2. The highest BCUT2D eigenvalue weighted by Gasteiger charge is 2.22. The van der Waals surface area contributed by atoms with Crippen molar-refractivity contribution in [2.45, 2.75) is 12.5 Å². The van der Waals surface area contributed by atoms with Gasteiger partial charge >= 0.3 is 6.09 Å². The molecular weight excluding hydrogens is 312 g/mol. The highest BCUT2D eigenvalue weighted by Crippen LogP contribution is 2.29. The van der Waals surface area contributed by atoms with Crippen molar-refractivity contribution in [3.05, 3.63) is 36.7 Å². The molecule has 1 aliphatic heterocycles. The van der Waals surface area contributed by atoms with E-state index in [1.165, 1.54) is 0 Å². The van der Waals surface area contributed by atoms with Crippen LogP contribution in [0.2, 0.25) is 0 Å². The van der Waals surface area contributed by atoms with Gasteiger partial charge in [0.25, 0.3) is 0 Å². The van der Waals surface area contributed by atoms with E-state index in [0.717, 1.165) is 16.9 Å². The molecule has 1 aromatic heterocycles. The van der Waals surface area contributed by atoms with Gasteiger partial charge in [0.1, 0.15) is 12.4 Å². The normalized spacial score (nSPS) is 16.4. The zero-order valence-electron chi connectivity index (χ0n) is 13.2. The number of hydrogen-bond donors (Lipinski definition) is 2. The van der Waals surface area contributed by atoms with Crippen molar-refractivity contribution in [2.24, 2.45) is 12.2 Å². The molecule has 0 saturated heterocycles. The Morgan fingerprint density at radius 2 is 2.33 bits per heavy atom. The molecule has 126 valence electrons. The quantitative estimate of drug-likeness (QED) is 0.843. The molecule has 0 radical (unpaired) electrons. The molecule has 1 aliphatic rings. The summed E-state index contributed by atoms with van der Waals surface area (Å²) >= 11 is 0. The van der Waals surface area contributed by atoms with Crippen molar-refractivity contribution in [3.63, 3.8) is 0 Å². The Hall–Kier alpha value is -3.03. The Labute approximate surface area is 138 Å². The van der Waals surface area contributed by atoms with E-state index in [1.54, 1.807) is 10.9 Å². The van der Waals surface area contributed by atoms with Gasteiger partial charge in [-0.05, 0) is 6.07 Å². The predicted octanol–water partition coefficient (Wildman–Crippen LogP) is 1.88. The van der Waals surface area contributed by atoms with Gasteiger partial charge in [-0.15, -0.1) is 0 Å². The van der Waals surface area contributed by atoms with Crippen molar-refractivity contribution in [2.75, 3.05) is 13.2 Å². The molecule has 0 spiro atoms. The van der Waals surface area contributed by atoms with Crippen LogP contribution in [0.5, 0.6) is 5.75 Å². The first kappa shape index (κ1) is 15.9. The standard InChI is InChI=1S/C16H18N4O4/c1-20-9-11(7-18-20)14-4-2-3-5-15(14)23-10-13-6-12(19-24-13)8-17-16(21)22/h2-5,7,9,13,17H,6,8,10H2,1H3,(H,21,22). The number of nitrogens with zero attached hydrogens (tertiary/aromatic N) is 3. The van der Waals surface area contributed by atoms with E-state index < -0.39 is 6.09 Å². The first-order valence-electron chi connectivity index (χ1n) is 7.51. The molecule has 1 atom stereocenters. The second-order valence-electron chi connectivity index (χ2n) is 5.46. The zero-order chi connectivity index (χ0) is 16.9. The summed E-state index contributed by atoms with van der Waals surface area (Å²) in [6.07, 6.45) is 2.94. The summed E-state index contributed by atoms with van der Waals surface area (Å²) in [5, 5.41) is 18.9. The lowest BCUT2D eigenvalue weighted by atomic mass is 10.1. The second kappa shape index (κ2) is 7.03. The highest BCUT2D eigenvalue weighted by atomic mass is 16.7. The van der Waals surface area contributed by atoms with E-state index in [4.69, 9.17) is 14.7 Å². The average molecular weight is 330 g/mol. The lowest BCUT2D eigenvalue weighted by molar-refractivity contribution is 0.0472. The SMILES string of the molecule is Cn1cc(-c2ccccc2OCC2CC(CNC(=O)O)=NO2)cn1. The minimum atomic E-state index is -1.08. The average Bonchev–Trinajstić information content (AvgIpc) is 3.20. The van der Waals surface area contributed by atoms with Crippen LogP contribution in [0.3, 0.4) is 0 Å². The number of aryl methyl sites for hydroxylation is 1. The van der Waals surface area contributed by atoms with Gasteiger partial charge in [0.05, 0.1) is 18.5 Å². The van der Waals surface area contributed by atoms with Gasteiger partial charge in [-0.2, -0.15) is 5.10 Å². The number of oxime groups is 1. The van der Waals surface area contributed by atoms with E-state index in [1.807, 2.05) is 37.5 Å². The van der Waals surface area contributed by atoms with Crippen LogP contribution in [-0.4, -0.2) is 45.9 Å². The summed E-state index contributed by atoms with van der Waals surface area (Å²) in [5.41, 5.74) is 2.59. The largest absolute Gasteiger partial charge is 0.489 e. The second-order valence-corrected chi connectivity index (χ2v) is 5.46. The zero-order valence-corrected chi connectivity index (χ0v) is 13.2. The lowest BCUT2D eigenvalue weighted by Gasteiger charge is -2.13. The predicted molar refractivity (Wildman–Crippen MR) is 87.1 cm³/mol. The fourth-order valence-electron chi connectivity index (χ4n) is 2.43. The Morgan fingerprint density at radius 3 is 3.08 bits per heavy atom. The van der Waals surface area contributed by atoms with Crippen molar-refractivity contribution in [1.29, 1.82) is 0 Å². The smallest absolute Gasteiger partial charge is 0.404 e. The molecule has 8 heteroatoms. The highest BCUT2D eigenvalue weighted by molar-refractivity contribution is 5.89. The number of ether oxygens (including phenoxy) is 1. The van der Waals surface area contributed by atoms with Gasteiger partial charge in [0.15, 0.2) is 6.10 Å². The van der Waals surface area contributed by atoms with Crippen LogP contribution in [0.15, 0.2) is 41.8 Å². The number of carboxylic acid groups (broad SMARTS) is 1. The molecule has 8 nitrogen and oxygen atoms in total. The fraction of sp³-hybridized carbons (Fsp3) is 0.312. The van der Waals surface area contributed by atoms with E-state index in [9.17, 15) is 4.79 Å². The van der Waals surface area contributed by atoms with Crippen molar-refractivity contribution in [3.8, 4) is 16.9 Å². The fourth-order valence-corrected chi connectivity index (χ4v) is 2.43. The molecule has 2 heterocycles. The molecule has 0 fully saturated rings. The van der Waals surface area contributed by atoms with Crippen LogP contribution in [0, 0.1) is 0 Å². The summed E-state index contributed by atoms with van der Waals surface area (Å²) in [7, 11) is 1.86. The maximum Gasteiger partial charge on any atom is 0.404 e. The summed E-state index contributed by atoms with van der Waals surface area (Å²) in [4.78, 5) is 15.8. The van der Waals surface area contributed by atoms with Gasteiger partial charge < -0.3 is 20.0 Å². The molecule has 1 amide bonds. The summed E-state index contributed by atoms with van der Waals surface area (Å²) in [6, 6.07) is 7.72. The molecule has 0 saturated carbocycles. The van der Waals surface area contributed by atoms with Crippen LogP contribution in [-0.2, 0) is 11.9 Å². The summed E-state index contributed by atoms with van der Waals surface area (Å²) < 4.78 is 7.62. The molecule has 2 aromatic rings. The Morgan fingerprint density at radius 1 is 1.50 bits per heavy atom. The maximum atomic E-state index is 10.5. The summed E-state index contributed by atoms with van der Waals surface area (Å²) in [5.74, 6) is 0.742. The number of nitrogens with one attached hydrogen (secondary N) is 1. The third-order valence-corrected chi connectivity index (χ3v) is 3.57. The molecule has 1 aromatic carbocycles. The van der Waals surface area contributed by atoms with Crippen LogP contribution >= 0.6 is 0 Å². The van der Waals surface area contributed by atoms with Crippen molar-refractivity contribution in [1.82, 2.24) is 15.1 Å². The number of para-hydroxylation sites is 1. The Balaban J connectivity index is 1.58. The minimum absolute atomic E-state index is 0.165. The Bertz CT molecular complexity index is 756. The van der Waals surface area contributed by atoms with Crippen LogP contribution in [0.25, 0.3) is 11.1 Å². The van der Waals surface area contributed by atoms with E-state index in [2.05, 4.69) is 15.6 Å². The van der Waals surface area contributed by atoms with E-state index in [-0.39, 0.29) is 12.6 Å². The monoisotopic (exact) mass is 330 g/mol. The molecule has 0 bridgehead atoms. The molecule has 1 unspecified atom stereocenters. The molecular formula is C16H18N4O4. The summed E-state index contributed by atoms with van der Waals surface area (Å²) in [6.45, 7) is 0.495.